The Bertz CT molecular complexity index is 939. The molecule has 3 heterocycles. The number of aromatic nitrogens is 4. The van der Waals surface area contributed by atoms with Gasteiger partial charge >= 0.3 is 0 Å². The van der Waals surface area contributed by atoms with Gasteiger partial charge in [0.05, 0.1) is 12.4 Å². The van der Waals surface area contributed by atoms with Crippen LogP contribution >= 0.6 is 0 Å². The maximum absolute atomic E-state index is 11.8. The van der Waals surface area contributed by atoms with Crippen LogP contribution in [0.25, 0.3) is 11.2 Å². The number of imidazole rings is 1. The number of hydrogen-bond donors (Lipinski definition) is 5. The van der Waals surface area contributed by atoms with Crippen molar-refractivity contribution in [3.63, 3.8) is 0 Å². The van der Waals surface area contributed by atoms with E-state index in [1.165, 1.54) is 10.9 Å². The molecular weight excluding hydrogens is 322 g/mol. The van der Waals surface area contributed by atoms with E-state index in [1.54, 1.807) is 0 Å². The number of aromatic amines is 1. The number of nitrogens with zero attached hydrogens (tertiary/aromatic N) is 6. The number of H-pyrrole nitrogens is 1. The van der Waals surface area contributed by atoms with Crippen LogP contribution in [0.4, 0.5) is 5.95 Å². The number of nitrogens with one attached hydrogen (secondary N) is 2. The Balaban J connectivity index is 2.18. The van der Waals surface area contributed by atoms with Crippen LogP contribution in [-0.4, -0.2) is 48.2 Å². The van der Waals surface area contributed by atoms with Gasteiger partial charge in [-0.3, -0.25) is 14.3 Å². The molecule has 0 amide bonds. The molecule has 0 aromatic carbocycles. The highest BCUT2D eigenvalue weighted by Crippen LogP contribution is 2.42. The van der Waals surface area contributed by atoms with E-state index in [9.17, 15) is 20.3 Å². The van der Waals surface area contributed by atoms with E-state index in [2.05, 4.69) is 25.0 Å². The summed E-state index contributed by atoms with van der Waals surface area (Å²) in [5.74, 6) is -1.36. The zero-order valence-corrected chi connectivity index (χ0v) is 12.0. The van der Waals surface area contributed by atoms with Crippen LogP contribution in [-0.2, 0) is 4.74 Å². The second-order valence-electron chi connectivity index (χ2n) is 5.09. The van der Waals surface area contributed by atoms with Crippen molar-refractivity contribution in [3.8, 4) is 6.07 Å². The lowest BCUT2D eigenvalue weighted by molar-refractivity contribution is -0.126. The van der Waals surface area contributed by atoms with Crippen molar-refractivity contribution in [3.05, 3.63) is 16.7 Å². The number of nitrogens with two attached hydrogens (primary N) is 1. The Hall–Kier alpha value is -3.17. The van der Waals surface area contributed by atoms with Gasteiger partial charge in [-0.05, 0) is 0 Å². The molecule has 1 saturated heterocycles. The third-order valence-electron chi connectivity index (χ3n) is 3.75. The van der Waals surface area contributed by atoms with Gasteiger partial charge < -0.3 is 20.7 Å². The summed E-state index contributed by atoms with van der Waals surface area (Å²) in [6, 6.07) is 1.85. The number of aliphatic hydroxyl groups excluding tert-OH is 2. The predicted octanol–water partition coefficient (Wildman–Crippen LogP) is -2.03. The molecule has 24 heavy (non-hydrogen) atoms. The van der Waals surface area contributed by atoms with E-state index in [1.807, 2.05) is 6.07 Å². The summed E-state index contributed by atoms with van der Waals surface area (Å²) in [5.41, 5.74) is 9.76. The first-order valence-corrected chi connectivity index (χ1v) is 6.64. The Labute approximate surface area is 132 Å². The van der Waals surface area contributed by atoms with Crippen molar-refractivity contribution in [2.24, 2.45) is 11.0 Å². The summed E-state index contributed by atoms with van der Waals surface area (Å²) >= 11 is 0. The van der Waals surface area contributed by atoms with Gasteiger partial charge in [0.2, 0.25) is 10.9 Å². The maximum atomic E-state index is 11.8. The lowest BCUT2D eigenvalue weighted by Crippen LogP contribution is -2.43. The van der Waals surface area contributed by atoms with Crippen molar-refractivity contribution in [2.45, 2.75) is 18.1 Å². The van der Waals surface area contributed by atoms with E-state index in [4.69, 9.17) is 16.0 Å². The summed E-state index contributed by atoms with van der Waals surface area (Å²) < 4.78 is 6.74. The first kappa shape index (κ1) is 15.7. The number of anilines is 1. The minimum Gasteiger partial charge on any atom is -0.391 e. The van der Waals surface area contributed by atoms with Crippen LogP contribution in [0.3, 0.4) is 0 Å². The zero-order valence-electron chi connectivity index (χ0n) is 12.0. The standard InChI is InChI=1S/C11H11N9O4/c12-1-4-6(22)11(2-21,18-19-14)24-9(4)20-3-15-5-7(20)16-10(13)17-8(5)23/h3-4,6,9,14,21-22H,2H2,(H2-,13,16,17,23)/p+1/t4-,6-,9+,11+/m0/s1. The Morgan fingerprint density at radius 3 is 3.08 bits per heavy atom. The fraction of sp³-hybridized carbons (Fsp3) is 0.455. The Kier molecular flexibility index (Phi) is 3.59. The fourth-order valence-corrected chi connectivity index (χ4v) is 2.61. The van der Waals surface area contributed by atoms with Crippen molar-refractivity contribution in [1.29, 1.82) is 10.8 Å². The van der Waals surface area contributed by atoms with Crippen LogP contribution in [0, 0.1) is 22.8 Å². The quantitative estimate of drug-likeness (QED) is 0.311. The van der Waals surface area contributed by atoms with Crippen LogP contribution < -0.4 is 16.2 Å². The van der Waals surface area contributed by atoms with Crippen LogP contribution in [0.15, 0.2) is 16.2 Å². The number of hydrogen-bond acceptors (Lipinski definition) is 10. The summed E-state index contributed by atoms with van der Waals surface area (Å²) in [4.78, 5) is 24.7. The molecule has 13 heteroatoms. The topological polar surface area (TPSA) is 213 Å². The number of rotatable bonds is 3. The third kappa shape index (κ3) is 2.07. The maximum Gasteiger partial charge on any atom is 0.294 e. The Morgan fingerprint density at radius 2 is 2.46 bits per heavy atom. The van der Waals surface area contributed by atoms with Gasteiger partial charge in [-0.2, -0.15) is 10.2 Å². The van der Waals surface area contributed by atoms with Crippen LogP contribution in [0.5, 0.6) is 0 Å². The Morgan fingerprint density at radius 1 is 1.71 bits per heavy atom. The number of aliphatic hydroxyl groups is 2. The lowest BCUT2D eigenvalue weighted by Gasteiger charge is -2.18. The van der Waals surface area contributed by atoms with Gasteiger partial charge in [-0.25, -0.2) is 4.98 Å². The van der Waals surface area contributed by atoms with Crippen LogP contribution in [0.2, 0.25) is 0 Å². The molecule has 0 saturated carbocycles. The molecule has 13 nitrogen and oxygen atoms in total. The molecule has 6 N–H and O–H groups in total. The van der Waals surface area contributed by atoms with Gasteiger partial charge in [0.15, 0.2) is 22.5 Å². The van der Waals surface area contributed by atoms with Crippen molar-refractivity contribution >= 4 is 17.1 Å². The minimum absolute atomic E-state index is 0.0326. The van der Waals surface area contributed by atoms with E-state index in [-0.39, 0.29) is 17.1 Å². The molecule has 4 atom stereocenters. The number of nitriles is 1. The highest BCUT2D eigenvalue weighted by atomic mass is 16.6. The summed E-state index contributed by atoms with van der Waals surface area (Å²) in [7, 11) is 0. The summed E-state index contributed by atoms with van der Waals surface area (Å²) in [5, 5.41) is 32.5. The molecule has 1 aliphatic heterocycles. The first-order valence-electron chi connectivity index (χ1n) is 6.64. The van der Waals surface area contributed by atoms with Gasteiger partial charge in [0, 0.05) is 0 Å². The second kappa shape index (κ2) is 5.48. The number of fused-ring (bicyclic) bond motifs is 1. The smallest absolute Gasteiger partial charge is 0.294 e. The second-order valence-corrected chi connectivity index (χ2v) is 5.09. The normalized spacial score (nSPS) is 29.3. The van der Waals surface area contributed by atoms with Crippen LogP contribution in [0.1, 0.15) is 6.23 Å². The largest absolute Gasteiger partial charge is 0.391 e. The minimum atomic E-state index is -1.98. The lowest BCUT2D eigenvalue weighted by atomic mass is 9.98. The molecule has 3 rings (SSSR count). The third-order valence-corrected chi connectivity index (χ3v) is 3.75. The molecule has 1 fully saturated rings. The average molecular weight is 334 g/mol. The highest BCUT2D eigenvalue weighted by molar-refractivity contribution is 5.70. The molecular formula is C11H12N9O4+. The van der Waals surface area contributed by atoms with Gasteiger partial charge in [0.25, 0.3) is 11.3 Å². The van der Waals surface area contributed by atoms with E-state index >= 15 is 0 Å². The van der Waals surface area contributed by atoms with Gasteiger partial charge in [0.1, 0.15) is 24.2 Å². The molecule has 0 radical (unpaired) electrons. The molecule has 124 valence electrons. The van der Waals surface area contributed by atoms with E-state index < -0.39 is 36.1 Å². The molecule has 0 bridgehead atoms. The summed E-state index contributed by atoms with van der Waals surface area (Å²) in [6.45, 7) is -0.812. The van der Waals surface area contributed by atoms with Crippen molar-refractivity contribution in [2.75, 3.05) is 12.3 Å². The summed E-state index contributed by atoms with van der Waals surface area (Å²) in [6.07, 6.45) is -1.55. The molecule has 0 spiro atoms. The molecule has 0 aliphatic carbocycles. The fourth-order valence-electron chi connectivity index (χ4n) is 2.61. The average Bonchev–Trinajstić information content (AvgIpc) is 3.08. The molecule has 1 aliphatic rings. The number of nitrogen functional groups attached to an aromatic ring is 1. The van der Waals surface area contributed by atoms with E-state index in [0.717, 1.165) is 0 Å². The molecule has 0 unspecified atom stereocenters. The highest BCUT2D eigenvalue weighted by Gasteiger charge is 2.60. The first-order chi connectivity index (χ1) is 11.5. The van der Waals surface area contributed by atoms with Gasteiger partial charge in [-0.15, -0.1) is 0 Å². The van der Waals surface area contributed by atoms with Crippen molar-refractivity contribution < 1.29 is 14.9 Å². The predicted molar refractivity (Wildman–Crippen MR) is 74.9 cm³/mol. The van der Waals surface area contributed by atoms with Gasteiger partial charge in [-0.1, -0.05) is 0 Å². The number of ether oxygens (including phenoxy) is 1. The van der Waals surface area contributed by atoms with Crippen molar-refractivity contribution in [1.82, 2.24) is 24.4 Å². The molecule has 2 aromatic heterocycles. The SMILES string of the molecule is N#C[C@@H]1[C@H](n2cnc3c(=O)[nH]c(N)nc32)O[C@@](CO)(N=[N+]=N)[C@H]1O. The monoisotopic (exact) mass is 334 g/mol. The van der Waals surface area contributed by atoms with E-state index in [0.29, 0.717) is 0 Å². The molecule has 2 aromatic rings. The zero-order chi connectivity index (χ0) is 17.5.